The summed E-state index contributed by atoms with van der Waals surface area (Å²) < 4.78 is 0. The van der Waals surface area contributed by atoms with E-state index < -0.39 is 0 Å². The van der Waals surface area contributed by atoms with Gasteiger partial charge in [0.25, 0.3) is 0 Å². The molecule has 0 spiro atoms. The highest BCUT2D eigenvalue weighted by Gasteiger charge is 2.24. The minimum Gasteiger partial charge on any atom is -0.367 e. The molecule has 1 aromatic rings. The highest BCUT2D eigenvalue weighted by molar-refractivity contribution is 6.33. The fraction of sp³-hybridized carbons (Fsp3) is 0.462. The number of benzene rings is 1. The van der Waals surface area contributed by atoms with Gasteiger partial charge in [-0.05, 0) is 31.5 Å². The van der Waals surface area contributed by atoms with Crippen molar-refractivity contribution in [2.24, 2.45) is 0 Å². The van der Waals surface area contributed by atoms with Crippen LogP contribution in [-0.2, 0) is 4.79 Å². The number of nitrogens with zero attached hydrogens (tertiary/aromatic N) is 1. The van der Waals surface area contributed by atoms with Crippen LogP contribution in [-0.4, -0.2) is 18.4 Å². The van der Waals surface area contributed by atoms with Crippen LogP contribution >= 0.6 is 11.6 Å². The Bertz CT molecular complexity index is 416. The average Bonchev–Trinajstić information content (AvgIpc) is 2.19. The highest BCUT2D eigenvalue weighted by Crippen LogP contribution is 2.30. The molecule has 0 bridgehead atoms. The molecule has 3 heteroatoms. The SMILES string of the molecule is Cc1ccc(N2CCC(=O)CC2C)c(Cl)c1. The fourth-order valence-electron chi connectivity index (χ4n) is 2.21. The molecule has 1 aromatic carbocycles. The van der Waals surface area contributed by atoms with Gasteiger partial charge in [0.15, 0.2) is 0 Å². The van der Waals surface area contributed by atoms with Crippen molar-refractivity contribution in [3.63, 3.8) is 0 Å². The number of ketones is 1. The molecule has 2 nitrogen and oxygen atoms in total. The summed E-state index contributed by atoms with van der Waals surface area (Å²) in [5.41, 5.74) is 2.21. The Labute approximate surface area is 101 Å². The van der Waals surface area contributed by atoms with Crippen molar-refractivity contribution in [2.75, 3.05) is 11.4 Å². The van der Waals surface area contributed by atoms with Crippen LogP contribution in [0.15, 0.2) is 18.2 Å². The number of halogens is 1. The van der Waals surface area contributed by atoms with Crippen molar-refractivity contribution in [1.82, 2.24) is 0 Å². The Morgan fingerprint density at radius 3 is 2.81 bits per heavy atom. The number of hydrogen-bond donors (Lipinski definition) is 0. The van der Waals surface area contributed by atoms with E-state index >= 15 is 0 Å². The molecule has 0 aliphatic carbocycles. The van der Waals surface area contributed by atoms with Crippen LogP contribution < -0.4 is 4.90 Å². The third kappa shape index (κ3) is 2.22. The van der Waals surface area contributed by atoms with Crippen LogP contribution in [0.25, 0.3) is 0 Å². The molecule has 1 saturated heterocycles. The van der Waals surface area contributed by atoms with Crippen molar-refractivity contribution in [3.8, 4) is 0 Å². The van der Waals surface area contributed by atoms with E-state index in [2.05, 4.69) is 17.9 Å². The van der Waals surface area contributed by atoms with Gasteiger partial charge in [-0.25, -0.2) is 0 Å². The average molecular weight is 238 g/mol. The number of hydrogen-bond acceptors (Lipinski definition) is 2. The highest BCUT2D eigenvalue weighted by atomic mass is 35.5. The summed E-state index contributed by atoms with van der Waals surface area (Å²) in [6.45, 7) is 4.88. The quantitative estimate of drug-likeness (QED) is 0.748. The molecule has 1 heterocycles. The second-order valence-corrected chi connectivity index (χ2v) is 4.90. The second kappa shape index (κ2) is 4.46. The smallest absolute Gasteiger partial charge is 0.136 e. The van der Waals surface area contributed by atoms with Gasteiger partial charge in [0, 0.05) is 25.4 Å². The topological polar surface area (TPSA) is 20.3 Å². The molecule has 86 valence electrons. The Morgan fingerprint density at radius 1 is 1.44 bits per heavy atom. The maximum Gasteiger partial charge on any atom is 0.136 e. The van der Waals surface area contributed by atoms with Crippen molar-refractivity contribution in [1.29, 1.82) is 0 Å². The van der Waals surface area contributed by atoms with Gasteiger partial charge in [0.2, 0.25) is 0 Å². The number of Topliss-reactive ketones (excluding diaryl/α,β-unsaturated/α-hetero) is 1. The van der Waals surface area contributed by atoms with Crippen LogP contribution in [0, 0.1) is 6.92 Å². The van der Waals surface area contributed by atoms with Crippen molar-refractivity contribution in [2.45, 2.75) is 32.7 Å². The normalized spacial score (nSPS) is 21.3. The largest absolute Gasteiger partial charge is 0.367 e. The number of anilines is 1. The van der Waals surface area contributed by atoms with Crippen LogP contribution in [0.2, 0.25) is 5.02 Å². The van der Waals surface area contributed by atoms with E-state index in [1.807, 2.05) is 19.1 Å². The maximum absolute atomic E-state index is 11.3. The van der Waals surface area contributed by atoms with E-state index in [4.69, 9.17) is 11.6 Å². The van der Waals surface area contributed by atoms with E-state index in [0.29, 0.717) is 18.6 Å². The van der Waals surface area contributed by atoms with Gasteiger partial charge in [-0.15, -0.1) is 0 Å². The van der Waals surface area contributed by atoms with Gasteiger partial charge in [-0.1, -0.05) is 17.7 Å². The molecular formula is C13H16ClNO. The first-order valence-electron chi connectivity index (χ1n) is 5.62. The van der Waals surface area contributed by atoms with E-state index in [9.17, 15) is 4.79 Å². The Morgan fingerprint density at radius 2 is 2.19 bits per heavy atom. The van der Waals surface area contributed by atoms with Gasteiger partial charge in [0.1, 0.15) is 5.78 Å². The number of aryl methyl sites for hydroxylation is 1. The predicted molar refractivity (Wildman–Crippen MR) is 67.2 cm³/mol. The minimum atomic E-state index is 0.251. The maximum atomic E-state index is 11.3. The Balaban J connectivity index is 2.26. The second-order valence-electron chi connectivity index (χ2n) is 4.49. The summed E-state index contributed by atoms with van der Waals surface area (Å²) in [6.07, 6.45) is 1.26. The first-order valence-corrected chi connectivity index (χ1v) is 6.00. The van der Waals surface area contributed by atoms with Gasteiger partial charge in [0.05, 0.1) is 10.7 Å². The first-order chi connectivity index (χ1) is 7.58. The van der Waals surface area contributed by atoms with Crippen molar-refractivity contribution in [3.05, 3.63) is 28.8 Å². The summed E-state index contributed by atoms with van der Waals surface area (Å²) in [7, 11) is 0. The summed E-state index contributed by atoms with van der Waals surface area (Å²) >= 11 is 6.24. The molecule has 0 N–H and O–H groups in total. The third-order valence-corrected chi connectivity index (χ3v) is 3.40. The van der Waals surface area contributed by atoms with Gasteiger partial charge >= 0.3 is 0 Å². The predicted octanol–water partition coefficient (Wildman–Crippen LogP) is 3.21. The molecule has 16 heavy (non-hydrogen) atoms. The Kier molecular flexibility index (Phi) is 3.20. The zero-order valence-corrected chi connectivity index (χ0v) is 10.4. The van der Waals surface area contributed by atoms with E-state index in [1.54, 1.807) is 0 Å². The van der Waals surface area contributed by atoms with Crippen molar-refractivity contribution < 1.29 is 4.79 Å². The molecule has 1 unspecified atom stereocenters. The molecular weight excluding hydrogens is 222 g/mol. The van der Waals surface area contributed by atoms with Gasteiger partial charge in [-0.3, -0.25) is 4.79 Å². The summed E-state index contributed by atoms with van der Waals surface area (Å²) in [4.78, 5) is 13.6. The van der Waals surface area contributed by atoms with E-state index in [0.717, 1.165) is 22.8 Å². The lowest BCUT2D eigenvalue weighted by atomic mass is 10.0. The molecule has 0 radical (unpaired) electrons. The summed E-state index contributed by atoms with van der Waals surface area (Å²) in [5, 5.41) is 0.779. The minimum absolute atomic E-state index is 0.251. The first kappa shape index (κ1) is 11.5. The molecule has 0 saturated carbocycles. The monoisotopic (exact) mass is 237 g/mol. The standard InChI is InChI=1S/C13H16ClNO/c1-9-3-4-13(12(14)7-9)15-6-5-11(16)8-10(15)2/h3-4,7,10H,5-6,8H2,1-2H3. The van der Waals surface area contributed by atoms with Crippen LogP contribution in [0.1, 0.15) is 25.3 Å². The van der Waals surface area contributed by atoms with Gasteiger partial charge in [-0.2, -0.15) is 0 Å². The Hall–Kier alpha value is -1.02. The van der Waals surface area contributed by atoms with E-state index in [1.165, 1.54) is 0 Å². The molecule has 1 aliphatic heterocycles. The van der Waals surface area contributed by atoms with Crippen molar-refractivity contribution >= 4 is 23.1 Å². The number of carbonyl (C=O) groups excluding carboxylic acids is 1. The number of rotatable bonds is 1. The van der Waals surface area contributed by atoms with Crippen LogP contribution in [0.5, 0.6) is 0 Å². The third-order valence-electron chi connectivity index (χ3n) is 3.10. The molecule has 1 atom stereocenters. The molecule has 0 aromatic heterocycles. The van der Waals surface area contributed by atoms with E-state index in [-0.39, 0.29) is 6.04 Å². The number of carbonyl (C=O) groups is 1. The molecule has 1 fully saturated rings. The molecule has 1 aliphatic rings. The van der Waals surface area contributed by atoms with Crippen LogP contribution in [0.3, 0.4) is 0 Å². The molecule has 0 amide bonds. The zero-order valence-electron chi connectivity index (χ0n) is 9.66. The van der Waals surface area contributed by atoms with Crippen LogP contribution in [0.4, 0.5) is 5.69 Å². The van der Waals surface area contributed by atoms with Gasteiger partial charge < -0.3 is 4.90 Å². The fourth-order valence-corrected chi connectivity index (χ4v) is 2.55. The number of piperidine rings is 1. The molecule has 2 rings (SSSR count). The zero-order chi connectivity index (χ0) is 11.7. The lowest BCUT2D eigenvalue weighted by Crippen LogP contribution is -2.41. The summed E-state index contributed by atoms with van der Waals surface area (Å²) in [6, 6.07) is 6.33. The summed E-state index contributed by atoms with van der Waals surface area (Å²) in [5.74, 6) is 0.354. The lowest BCUT2D eigenvalue weighted by Gasteiger charge is -2.35. The lowest BCUT2D eigenvalue weighted by molar-refractivity contribution is -0.120.